The van der Waals surface area contributed by atoms with Crippen molar-refractivity contribution in [1.82, 2.24) is 24.9 Å². The Hall–Kier alpha value is -4.06. The summed E-state index contributed by atoms with van der Waals surface area (Å²) in [4.78, 5) is 21.3. The third-order valence-electron chi connectivity index (χ3n) is 4.77. The van der Waals surface area contributed by atoms with E-state index in [0.717, 1.165) is 44.5 Å². The number of para-hydroxylation sites is 2. The van der Waals surface area contributed by atoms with E-state index in [0.29, 0.717) is 11.5 Å². The van der Waals surface area contributed by atoms with Crippen LogP contribution in [-0.2, 0) is 0 Å². The number of aromatic nitrogens is 5. The van der Waals surface area contributed by atoms with E-state index < -0.39 is 0 Å². The van der Waals surface area contributed by atoms with Gasteiger partial charge in [-0.25, -0.2) is 9.97 Å². The van der Waals surface area contributed by atoms with Crippen LogP contribution in [0.1, 0.15) is 0 Å². The molecule has 0 radical (unpaired) electrons. The number of hydrogen-bond acceptors (Lipinski definition) is 5. The van der Waals surface area contributed by atoms with Crippen LogP contribution in [0.5, 0.6) is 0 Å². The van der Waals surface area contributed by atoms with Crippen LogP contribution in [0.25, 0.3) is 56.0 Å². The lowest BCUT2D eigenvalue weighted by Gasteiger charge is -1.98. The second kappa shape index (κ2) is 5.72. The highest BCUT2D eigenvalue weighted by Crippen LogP contribution is 2.29. The maximum Gasteiger partial charge on any atom is 0.227 e. The lowest BCUT2D eigenvalue weighted by Crippen LogP contribution is -1.83. The molecule has 0 aliphatic rings. The smallest absolute Gasteiger partial charge is 0.227 e. The van der Waals surface area contributed by atoms with Gasteiger partial charge in [0.2, 0.25) is 5.89 Å². The van der Waals surface area contributed by atoms with Gasteiger partial charge in [-0.15, -0.1) is 0 Å². The number of aromatic amines is 1. The number of fused-ring (bicyclic) bond motifs is 3. The van der Waals surface area contributed by atoms with Crippen LogP contribution in [0.3, 0.4) is 0 Å². The molecule has 6 nitrogen and oxygen atoms in total. The molecule has 0 saturated heterocycles. The van der Waals surface area contributed by atoms with E-state index in [9.17, 15) is 0 Å². The Kier molecular flexibility index (Phi) is 3.07. The summed E-state index contributed by atoms with van der Waals surface area (Å²) in [6.45, 7) is 0. The van der Waals surface area contributed by atoms with Crippen molar-refractivity contribution in [2.45, 2.75) is 0 Å². The predicted octanol–water partition coefficient (Wildman–Crippen LogP) is 4.98. The third kappa shape index (κ3) is 2.35. The zero-order chi connectivity index (χ0) is 18.5. The van der Waals surface area contributed by atoms with Crippen LogP contribution in [0, 0.1) is 0 Å². The molecule has 0 saturated carbocycles. The molecule has 0 unspecified atom stereocenters. The molecule has 0 bridgehead atoms. The van der Waals surface area contributed by atoms with Crippen molar-refractivity contribution < 1.29 is 4.42 Å². The first kappa shape index (κ1) is 15.0. The highest BCUT2D eigenvalue weighted by molar-refractivity contribution is 5.85. The summed E-state index contributed by atoms with van der Waals surface area (Å²) >= 11 is 0. The average molecular weight is 363 g/mol. The molecule has 6 rings (SSSR count). The summed E-state index contributed by atoms with van der Waals surface area (Å²) in [5, 5.41) is 0. The summed E-state index contributed by atoms with van der Waals surface area (Å²) in [6.07, 6.45) is 3.36. The molecule has 0 spiro atoms. The van der Waals surface area contributed by atoms with Crippen molar-refractivity contribution in [3.8, 4) is 22.8 Å². The van der Waals surface area contributed by atoms with Gasteiger partial charge in [0.05, 0.1) is 22.1 Å². The first-order valence-electron chi connectivity index (χ1n) is 8.90. The molecule has 0 fully saturated rings. The largest absolute Gasteiger partial charge is 0.436 e. The maximum absolute atomic E-state index is 6.04. The average Bonchev–Trinajstić information content (AvgIpc) is 3.37. The maximum atomic E-state index is 6.04. The SMILES string of the molecule is c1ccc2[nH]c(-c3ccc4nc(-c5ccc6nccnc6c5)oc4c3)nc2c1. The van der Waals surface area contributed by atoms with Crippen molar-refractivity contribution in [3.63, 3.8) is 0 Å². The van der Waals surface area contributed by atoms with Crippen LogP contribution < -0.4 is 0 Å². The Balaban J connectivity index is 1.45. The van der Waals surface area contributed by atoms with Crippen LogP contribution in [0.4, 0.5) is 0 Å². The Morgan fingerprint density at radius 2 is 1.50 bits per heavy atom. The second-order valence-electron chi connectivity index (χ2n) is 6.56. The zero-order valence-corrected chi connectivity index (χ0v) is 14.6. The third-order valence-corrected chi connectivity index (χ3v) is 4.77. The Bertz CT molecular complexity index is 1450. The van der Waals surface area contributed by atoms with E-state index in [-0.39, 0.29) is 0 Å². The molecule has 0 aliphatic carbocycles. The van der Waals surface area contributed by atoms with Crippen LogP contribution in [0.2, 0.25) is 0 Å². The summed E-state index contributed by atoms with van der Waals surface area (Å²) in [5.41, 5.74) is 6.94. The molecular formula is C22H13N5O. The fourth-order valence-electron chi connectivity index (χ4n) is 3.38. The summed E-state index contributed by atoms with van der Waals surface area (Å²) in [7, 11) is 0. The van der Waals surface area contributed by atoms with Crippen molar-refractivity contribution in [2.24, 2.45) is 0 Å². The van der Waals surface area contributed by atoms with Gasteiger partial charge in [-0.2, -0.15) is 0 Å². The number of oxazole rings is 1. The molecule has 1 N–H and O–H groups in total. The minimum atomic E-state index is 0.560. The molecule has 0 amide bonds. The number of nitrogens with one attached hydrogen (secondary N) is 1. The Morgan fingerprint density at radius 3 is 2.43 bits per heavy atom. The number of nitrogens with zero attached hydrogens (tertiary/aromatic N) is 4. The first-order chi connectivity index (χ1) is 13.8. The van der Waals surface area contributed by atoms with E-state index in [1.807, 2.05) is 60.7 Å². The molecule has 3 aromatic carbocycles. The van der Waals surface area contributed by atoms with E-state index in [1.54, 1.807) is 12.4 Å². The van der Waals surface area contributed by atoms with E-state index in [4.69, 9.17) is 4.42 Å². The van der Waals surface area contributed by atoms with Gasteiger partial charge in [0.25, 0.3) is 0 Å². The summed E-state index contributed by atoms with van der Waals surface area (Å²) in [6, 6.07) is 19.7. The van der Waals surface area contributed by atoms with Crippen molar-refractivity contribution in [2.75, 3.05) is 0 Å². The summed E-state index contributed by atoms with van der Waals surface area (Å²) in [5.74, 6) is 1.37. The molecule has 28 heavy (non-hydrogen) atoms. The normalized spacial score (nSPS) is 11.6. The quantitative estimate of drug-likeness (QED) is 0.469. The predicted molar refractivity (Wildman–Crippen MR) is 108 cm³/mol. The van der Waals surface area contributed by atoms with Crippen molar-refractivity contribution in [3.05, 3.63) is 73.1 Å². The van der Waals surface area contributed by atoms with Crippen LogP contribution >= 0.6 is 0 Å². The van der Waals surface area contributed by atoms with Crippen molar-refractivity contribution >= 4 is 33.2 Å². The lowest BCUT2D eigenvalue weighted by atomic mass is 10.2. The van der Waals surface area contributed by atoms with Crippen LogP contribution in [-0.4, -0.2) is 24.9 Å². The molecule has 6 aromatic rings. The van der Waals surface area contributed by atoms with Gasteiger partial charge in [-0.3, -0.25) is 9.97 Å². The zero-order valence-electron chi connectivity index (χ0n) is 14.6. The van der Waals surface area contributed by atoms with E-state index in [2.05, 4.69) is 24.9 Å². The topological polar surface area (TPSA) is 80.5 Å². The summed E-state index contributed by atoms with van der Waals surface area (Å²) < 4.78 is 6.04. The Morgan fingerprint density at radius 1 is 0.679 bits per heavy atom. The highest BCUT2D eigenvalue weighted by Gasteiger charge is 2.12. The molecule has 6 heteroatoms. The van der Waals surface area contributed by atoms with Gasteiger partial charge in [0.15, 0.2) is 5.58 Å². The number of rotatable bonds is 2. The molecule has 0 atom stereocenters. The van der Waals surface area contributed by atoms with Crippen LogP contribution in [0.15, 0.2) is 77.5 Å². The lowest BCUT2D eigenvalue weighted by molar-refractivity contribution is 0.620. The Labute approximate surface area is 158 Å². The second-order valence-corrected chi connectivity index (χ2v) is 6.56. The monoisotopic (exact) mass is 363 g/mol. The number of benzene rings is 3. The fraction of sp³-hybridized carbons (Fsp3) is 0. The van der Waals surface area contributed by atoms with Crippen molar-refractivity contribution in [1.29, 1.82) is 0 Å². The standard InChI is InChI=1S/C22H13N5O/c1-2-4-17-16(3-1)25-21(26-17)13-5-8-18-20(12-13)28-22(27-18)14-6-7-15-19(11-14)24-10-9-23-15/h1-12H,(H,25,26). The van der Waals surface area contributed by atoms with Gasteiger partial charge in [0.1, 0.15) is 11.3 Å². The molecular weight excluding hydrogens is 350 g/mol. The minimum absolute atomic E-state index is 0.560. The molecule has 132 valence electrons. The fourth-order valence-corrected chi connectivity index (χ4v) is 3.38. The van der Waals surface area contributed by atoms with Gasteiger partial charge in [0, 0.05) is 23.5 Å². The molecule has 3 aromatic heterocycles. The first-order valence-corrected chi connectivity index (χ1v) is 8.90. The number of hydrogen-bond donors (Lipinski definition) is 1. The number of imidazole rings is 1. The van der Waals surface area contributed by atoms with E-state index >= 15 is 0 Å². The highest BCUT2D eigenvalue weighted by atomic mass is 16.3. The number of H-pyrrole nitrogens is 1. The van der Waals surface area contributed by atoms with Gasteiger partial charge < -0.3 is 9.40 Å². The minimum Gasteiger partial charge on any atom is -0.436 e. The van der Waals surface area contributed by atoms with Gasteiger partial charge in [-0.05, 0) is 48.5 Å². The molecule has 0 aliphatic heterocycles. The molecule has 3 heterocycles. The van der Waals surface area contributed by atoms with Gasteiger partial charge >= 0.3 is 0 Å². The van der Waals surface area contributed by atoms with Gasteiger partial charge in [-0.1, -0.05) is 12.1 Å². The van der Waals surface area contributed by atoms with E-state index in [1.165, 1.54) is 0 Å².